The third-order valence-corrected chi connectivity index (χ3v) is 6.38. The lowest BCUT2D eigenvalue weighted by Crippen LogP contribution is -2.50. The molecule has 9 heteroatoms. The lowest BCUT2D eigenvalue weighted by atomic mass is 10.0. The summed E-state index contributed by atoms with van der Waals surface area (Å²) in [5.74, 6) is -1.49. The van der Waals surface area contributed by atoms with Crippen molar-refractivity contribution in [2.45, 2.75) is 44.1 Å². The van der Waals surface area contributed by atoms with Gasteiger partial charge in [-0.25, -0.2) is 4.98 Å². The lowest BCUT2D eigenvalue weighted by molar-refractivity contribution is -0.154. The Hall–Kier alpha value is -3.20. The Bertz CT molecular complexity index is 1140. The summed E-state index contributed by atoms with van der Waals surface area (Å²) in [4.78, 5) is 31.1. The topological polar surface area (TPSA) is 108 Å². The average molecular weight is 483 g/mol. The standard InChI is InChI=1S/C25H27ClN4O4/c1-16(17-7-9-20(10-8-17)29-13-11-27-15-29)28-24(33)22(31)23(32)25(34)30-12-3-6-21(30)18-4-2-5-19(26)14-18/h2,4-5,7-11,13-16,21-23,31-32H,3,6,12H2,1H3,(H,28,33)/t16-,21?,22+,23+/m0/s1. The van der Waals surface area contributed by atoms with Crippen LogP contribution in [0.5, 0.6) is 0 Å². The van der Waals surface area contributed by atoms with Gasteiger partial charge in [0.05, 0.1) is 18.4 Å². The Labute approximate surface area is 202 Å². The summed E-state index contributed by atoms with van der Waals surface area (Å²) in [5.41, 5.74) is 2.59. The van der Waals surface area contributed by atoms with Crippen LogP contribution < -0.4 is 5.32 Å². The first kappa shape index (κ1) is 23.9. The third kappa shape index (κ3) is 5.14. The van der Waals surface area contributed by atoms with Gasteiger partial charge in [-0.2, -0.15) is 0 Å². The molecule has 3 aromatic rings. The third-order valence-electron chi connectivity index (χ3n) is 6.14. The van der Waals surface area contributed by atoms with Crippen LogP contribution in [0.4, 0.5) is 0 Å². The molecule has 4 atom stereocenters. The van der Waals surface area contributed by atoms with Gasteiger partial charge in [-0.3, -0.25) is 9.59 Å². The monoisotopic (exact) mass is 482 g/mol. The van der Waals surface area contributed by atoms with Crippen molar-refractivity contribution in [1.29, 1.82) is 0 Å². The van der Waals surface area contributed by atoms with E-state index in [-0.39, 0.29) is 6.04 Å². The second-order valence-electron chi connectivity index (χ2n) is 8.43. The molecule has 2 aromatic carbocycles. The van der Waals surface area contributed by atoms with E-state index in [9.17, 15) is 19.8 Å². The number of rotatable bonds is 7. The molecule has 1 fully saturated rings. The molecule has 1 aliphatic rings. The number of aliphatic hydroxyl groups is 2. The zero-order valence-electron chi connectivity index (χ0n) is 18.7. The van der Waals surface area contributed by atoms with Gasteiger partial charge in [-0.15, -0.1) is 0 Å². The Morgan fingerprint density at radius 2 is 1.91 bits per heavy atom. The molecule has 1 unspecified atom stereocenters. The van der Waals surface area contributed by atoms with Gasteiger partial charge in [0, 0.05) is 29.6 Å². The molecule has 34 heavy (non-hydrogen) atoms. The number of halogens is 1. The molecule has 2 amide bonds. The fraction of sp³-hybridized carbons (Fsp3) is 0.320. The minimum absolute atomic E-state index is 0.260. The Morgan fingerprint density at radius 1 is 1.15 bits per heavy atom. The fourth-order valence-corrected chi connectivity index (χ4v) is 4.47. The number of amides is 2. The number of aliphatic hydroxyl groups excluding tert-OH is 2. The molecular weight excluding hydrogens is 456 g/mol. The molecule has 0 radical (unpaired) electrons. The van der Waals surface area contributed by atoms with Crippen molar-refractivity contribution in [3.63, 3.8) is 0 Å². The van der Waals surface area contributed by atoms with E-state index in [1.165, 1.54) is 4.90 Å². The van der Waals surface area contributed by atoms with Crippen LogP contribution in [-0.4, -0.2) is 55.2 Å². The first-order valence-electron chi connectivity index (χ1n) is 11.2. The summed E-state index contributed by atoms with van der Waals surface area (Å²) >= 11 is 6.09. The number of nitrogens with one attached hydrogen (secondary N) is 1. The van der Waals surface area contributed by atoms with Crippen LogP contribution in [0.25, 0.3) is 5.69 Å². The summed E-state index contributed by atoms with van der Waals surface area (Å²) in [5, 5.41) is 24.2. The van der Waals surface area contributed by atoms with Gasteiger partial charge in [0.25, 0.3) is 11.8 Å². The van der Waals surface area contributed by atoms with Crippen molar-refractivity contribution in [1.82, 2.24) is 19.8 Å². The first-order chi connectivity index (χ1) is 16.3. The highest BCUT2D eigenvalue weighted by Gasteiger charge is 2.38. The van der Waals surface area contributed by atoms with Gasteiger partial charge in [-0.05, 0) is 55.2 Å². The van der Waals surface area contributed by atoms with E-state index < -0.39 is 30.1 Å². The maximum absolute atomic E-state index is 13.0. The number of imidazole rings is 1. The second-order valence-corrected chi connectivity index (χ2v) is 8.86. The maximum Gasteiger partial charge on any atom is 0.255 e. The number of carbonyl (C=O) groups is 2. The van der Waals surface area contributed by atoms with Gasteiger partial charge >= 0.3 is 0 Å². The van der Waals surface area contributed by atoms with Gasteiger partial charge in [0.15, 0.2) is 12.2 Å². The van der Waals surface area contributed by atoms with Crippen LogP contribution in [0.3, 0.4) is 0 Å². The highest BCUT2D eigenvalue weighted by atomic mass is 35.5. The van der Waals surface area contributed by atoms with Crippen LogP contribution in [0.1, 0.15) is 43.0 Å². The Kier molecular flexibility index (Phi) is 7.31. The summed E-state index contributed by atoms with van der Waals surface area (Å²) < 4.78 is 1.85. The van der Waals surface area contributed by atoms with Crippen molar-refractivity contribution < 1.29 is 19.8 Å². The van der Waals surface area contributed by atoms with Crippen molar-refractivity contribution in [3.05, 3.63) is 83.4 Å². The number of carbonyl (C=O) groups excluding carboxylic acids is 2. The Balaban J connectivity index is 1.38. The molecule has 3 N–H and O–H groups in total. The van der Waals surface area contributed by atoms with E-state index in [0.29, 0.717) is 18.0 Å². The SMILES string of the molecule is C[C@H](NC(=O)[C@H](O)[C@@H](O)C(=O)N1CCCC1c1cccc(Cl)c1)c1ccc(-n2ccnc2)cc1. The Morgan fingerprint density at radius 3 is 2.59 bits per heavy atom. The molecule has 1 aliphatic heterocycles. The summed E-state index contributed by atoms with van der Waals surface area (Å²) in [6.07, 6.45) is 2.91. The predicted molar refractivity (Wildman–Crippen MR) is 127 cm³/mol. The minimum atomic E-state index is -1.89. The van der Waals surface area contributed by atoms with E-state index >= 15 is 0 Å². The number of aromatic nitrogens is 2. The zero-order valence-corrected chi connectivity index (χ0v) is 19.5. The van der Waals surface area contributed by atoms with E-state index in [2.05, 4.69) is 10.3 Å². The number of nitrogens with zero attached hydrogens (tertiary/aromatic N) is 3. The zero-order chi connectivity index (χ0) is 24.2. The van der Waals surface area contributed by atoms with Crippen molar-refractivity contribution >= 4 is 23.4 Å². The van der Waals surface area contributed by atoms with Crippen LogP contribution >= 0.6 is 11.6 Å². The quantitative estimate of drug-likeness (QED) is 0.480. The summed E-state index contributed by atoms with van der Waals surface area (Å²) in [6.45, 7) is 2.20. The molecule has 0 spiro atoms. The normalized spacial score (nSPS) is 18.4. The fourth-order valence-electron chi connectivity index (χ4n) is 4.27. The van der Waals surface area contributed by atoms with Crippen molar-refractivity contribution in [2.24, 2.45) is 0 Å². The van der Waals surface area contributed by atoms with Crippen LogP contribution in [0.15, 0.2) is 67.3 Å². The smallest absolute Gasteiger partial charge is 0.255 e. The van der Waals surface area contributed by atoms with Gasteiger partial charge in [0.1, 0.15) is 0 Å². The van der Waals surface area contributed by atoms with Gasteiger partial charge in [0.2, 0.25) is 0 Å². The highest BCUT2D eigenvalue weighted by Crippen LogP contribution is 2.33. The van der Waals surface area contributed by atoms with Gasteiger partial charge < -0.3 is 25.0 Å². The highest BCUT2D eigenvalue weighted by molar-refractivity contribution is 6.30. The average Bonchev–Trinajstić information content (AvgIpc) is 3.55. The van der Waals surface area contributed by atoms with E-state index in [1.807, 2.05) is 41.1 Å². The van der Waals surface area contributed by atoms with Crippen LogP contribution in [0.2, 0.25) is 5.02 Å². The number of hydrogen-bond acceptors (Lipinski definition) is 5. The molecule has 4 rings (SSSR count). The lowest BCUT2D eigenvalue weighted by Gasteiger charge is -2.29. The first-order valence-corrected chi connectivity index (χ1v) is 11.5. The predicted octanol–water partition coefficient (Wildman–Crippen LogP) is 2.79. The van der Waals surface area contributed by atoms with E-state index in [0.717, 1.165) is 23.2 Å². The molecule has 178 valence electrons. The van der Waals surface area contributed by atoms with E-state index in [1.54, 1.807) is 37.6 Å². The molecule has 1 aromatic heterocycles. The molecule has 0 saturated carbocycles. The molecule has 0 aliphatic carbocycles. The van der Waals surface area contributed by atoms with Crippen molar-refractivity contribution in [3.8, 4) is 5.69 Å². The molecule has 8 nitrogen and oxygen atoms in total. The van der Waals surface area contributed by atoms with Crippen molar-refractivity contribution in [2.75, 3.05) is 6.54 Å². The van der Waals surface area contributed by atoms with E-state index in [4.69, 9.17) is 11.6 Å². The number of likely N-dealkylation sites (tertiary alicyclic amines) is 1. The van der Waals surface area contributed by atoms with Crippen LogP contribution in [-0.2, 0) is 9.59 Å². The molecule has 2 heterocycles. The van der Waals surface area contributed by atoms with Gasteiger partial charge in [-0.1, -0.05) is 35.9 Å². The molecule has 1 saturated heterocycles. The second kappa shape index (κ2) is 10.4. The molecule has 0 bridgehead atoms. The molecular formula is C25H27ClN4O4. The maximum atomic E-state index is 13.0. The largest absolute Gasteiger partial charge is 0.380 e. The number of hydrogen-bond donors (Lipinski definition) is 3. The number of benzene rings is 2. The summed E-state index contributed by atoms with van der Waals surface area (Å²) in [7, 11) is 0. The van der Waals surface area contributed by atoms with Crippen LogP contribution in [0, 0.1) is 0 Å². The summed E-state index contributed by atoms with van der Waals surface area (Å²) in [6, 6.07) is 14.0. The minimum Gasteiger partial charge on any atom is -0.380 e.